The summed E-state index contributed by atoms with van der Waals surface area (Å²) in [6.07, 6.45) is 6.68. The number of rotatable bonds is 6. The Morgan fingerprint density at radius 3 is 2.69 bits per heavy atom. The fraction of sp³-hybridized carbons (Fsp3) is 0.353. The largest absolute Gasteiger partial charge is 0.545 e. The van der Waals surface area contributed by atoms with E-state index in [1.165, 1.54) is 36.0 Å². The zero-order chi connectivity index (χ0) is 18.1. The Labute approximate surface area is 153 Å². The Hall–Kier alpha value is -2.68. The summed E-state index contributed by atoms with van der Waals surface area (Å²) in [5.41, 5.74) is 0.592. The normalized spacial score (nSPS) is 23.3. The number of aromatic carboxylic acids is 1. The fourth-order valence-corrected chi connectivity index (χ4v) is 4.27. The minimum absolute atomic E-state index is 0.0662. The number of anilines is 1. The Morgan fingerprint density at radius 1 is 1.23 bits per heavy atom. The van der Waals surface area contributed by atoms with Crippen LogP contribution in [-0.4, -0.2) is 37.8 Å². The minimum atomic E-state index is -1.25. The van der Waals surface area contributed by atoms with E-state index >= 15 is 0 Å². The van der Waals surface area contributed by atoms with Crippen molar-refractivity contribution in [3.63, 3.8) is 0 Å². The second-order valence-corrected chi connectivity index (χ2v) is 7.40. The number of hydrogen-bond donors (Lipinski definition) is 1. The minimum Gasteiger partial charge on any atom is -0.545 e. The number of aromatic nitrogens is 4. The van der Waals surface area contributed by atoms with Crippen LogP contribution in [0.1, 0.15) is 29.2 Å². The molecule has 2 aromatic rings. The highest BCUT2D eigenvalue weighted by Gasteiger charge is 2.38. The maximum absolute atomic E-state index is 12.1. The topological polar surface area (TPSA) is 113 Å². The first-order chi connectivity index (χ1) is 12.6. The van der Waals surface area contributed by atoms with Crippen molar-refractivity contribution in [2.75, 3.05) is 11.1 Å². The summed E-state index contributed by atoms with van der Waals surface area (Å²) in [7, 11) is 0. The molecule has 26 heavy (non-hydrogen) atoms. The van der Waals surface area contributed by atoms with Crippen LogP contribution in [0.4, 0.5) is 5.69 Å². The molecule has 4 rings (SSSR count). The lowest BCUT2D eigenvalue weighted by molar-refractivity contribution is -0.255. The van der Waals surface area contributed by atoms with Gasteiger partial charge in [-0.15, -0.1) is 5.10 Å². The molecule has 2 aliphatic rings. The molecule has 1 N–H and O–H groups in total. The number of nitrogens with one attached hydrogen (secondary N) is 1. The van der Waals surface area contributed by atoms with Gasteiger partial charge in [-0.05, 0) is 52.8 Å². The Bertz CT molecular complexity index is 864. The monoisotopic (exact) mass is 370 g/mol. The van der Waals surface area contributed by atoms with Crippen LogP contribution in [0.2, 0.25) is 0 Å². The molecule has 1 heterocycles. The average molecular weight is 370 g/mol. The van der Waals surface area contributed by atoms with Gasteiger partial charge in [-0.3, -0.25) is 4.79 Å². The number of nitrogens with zero attached hydrogens (tertiary/aromatic N) is 4. The van der Waals surface area contributed by atoms with Gasteiger partial charge in [-0.2, -0.15) is 0 Å². The van der Waals surface area contributed by atoms with E-state index in [1.807, 2.05) is 4.68 Å². The van der Waals surface area contributed by atoms with Crippen LogP contribution in [0.3, 0.4) is 0 Å². The molecule has 134 valence electrons. The van der Waals surface area contributed by atoms with Crippen molar-refractivity contribution in [2.45, 2.75) is 24.0 Å². The van der Waals surface area contributed by atoms with Crippen LogP contribution < -0.4 is 10.4 Å². The number of hydrogen-bond acceptors (Lipinski definition) is 7. The van der Waals surface area contributed by atoms with E-state index in [1.54, 1.807) is 0 Å². The number of carbonyl (C=O) groups is 2. The van der Waals surface area contributed by atoms with Crippen LogP contribution in [0.5, 0.6) is 0 Å². The summed E-state index contributed by atoms with van der Waals surface area (Å²) < 4.78 is 1.83. The highest BCUT2D eigenvalue weighted by atomic mass is 32.2. The number of carboxylic acids is 1. The highest BCUT2D eigenvalue weighted by Crippen LogP contribution is 2.46. The number of thioether (sulfide) groups is 1. The third-order valence-electron chi connectivity index (χ3n) is 4.76. The molecule has 2 aliphatic carbocycles. The van der Waals surface area contributed by atoms with E-state index in [4.69, 9.17) is 0 Å². The van der Waals surface area contributed by atoms with Crippen molar-refractivity contribution in [2.24, 2.45) is 11.8 Å². The maximum atomic E-state index is 12.1. The van der Waals surface area contributed by atoms with Crippen LogP contribution in [0.25, 0.3) is 0 Å². The number of amides is 1. The Morgan fingerprint density at radius 2 is 2.04 bits per heavy atom. The Balaban J connectivity index is 1.34. The number of allylic oxidation sites excluding steroid dienone is 2. The van der Waals surface area contributed by atoms with Crippen molar-refractivity contribution in [1.82, 2.24) is 20.2 Å². The zero-order valence-corrected chi connectivity index (χ0v) is 14.6. The number of carboxylic acid groups (broad SMARTS) is 1. The standard InChI is InChI=1S/C17H17N5O3S/c23-15(18-13-5-3-11(4-6-13)16(24)25)9-26-17-19-20-21-22(17)14-8-10-1-2-12(14)7-10/h1-6,10,12,14H,7-9H2,(H,18,23)(H,24,25)/p-1/t10-,12+,14-/m1/s1. The van der Waals surface area contributed by atoms with E-state index in [0.29, 0.717) is 22.7 Å². The van der Waals surface area contributed by atoms with Crippen LogP contribution >= 0.6 is 11.8 Å². The lowest BCUT2D eigenvalue weighted by Gasteiger charge is -2.18. The van der Waals surface area contributed by atoms with Gasteiger partial charge in [0.05, 0.1) is 17.8 Å². The molecule has 0 aliphatic heterocycles. The van der Waals surface area contributed by atoms with Crippen molar-refractivity contribution >= 4 is 29.3 Å². The first-order valence-electron chi connectivity index (χ1n) is 8.30. The summed E-state index contributed by atoms with van der Waals surface area (Å²) in [5.74, 6) is -0.211. The van der Waals surface area contributed by atoms with Gasteiger partial charge in [-0.25, -0.2) is 4.68 Å². The molecule has 0 radical (unpaired) electrons. The molecule has 1 amide bonds. The fourth-order valence-electron chi connectivity index (χ4n) is 3.54. The predicted molar refractivity (Wildman–Crippen MR) is 92.3 cm³/mol. The molecule has 1 fully saturated rings. The van der Waals surface area contributed by atoms with Gasteiger partial charge < -0.3 is 15.2 Å². The molecular weight excluding hydrogens is 354 g/mol. The van der Waals surface area contributed by atoms with Crippen molar-refractivity contribution in [3.8, 4) is 0 Å². The van der Waals surface area contributed by atoms with Crippen LogP contribution in [0.15, 0.2) is 41.6 Å². The predicted octanol–water partition coefficient (Wildman–Crippen LogP) is 0.904. The Kier molecular flexibility index (Phi) is 4.46. The maximum Gasteiger partial charge on any atom is 0.234 e. The van der Waals surface area contributed by atoms with E-state index in [0.717, 1.165) is 12.8 Å². The molecule has 3 atom stereocenters. The number of benzene rings is 1. The van der Waals surface area contributed by atoms with Crippen LogP contribution in [-0.2, 0) is 4.79 Å². The molecule has 0 spiro atoms. The van der Waals surface area contributed by atoms with E-state index in [2.05, 4.69) is 33.0 Å². The van der Waals surface area contributed by atoms with Gasteiger partial charge in [0, 0.05) is 5.69 Å². The third-order valence-corrected chi connectivity index (χ3v) is 5.69. The molecule has 0 unspecified atom stereocenters. The highest BCUT2D eigenvalue weighted by molar-refractivity contribution is 7.99. The van der Waals surface area contributed by atoms with E-state index < -0.39 is 5.97 Å². The molecule has 0 saturated heterocycles. The van der Waals surface area contributed by atoms with Gasteiger partial charge in [0.25, 0.3) is 0 Å². The lowest BCUT2D eigenvalue weighted by Crippen LogP contribution is -2.22. The van der Waals surface area contributed by atoms with E-state index in [9.17, 15) is 14.7 Å². The lowest BCUT2D eigenvalue weighted by atomic mass is 10.0. The van der Waals surface area contributed by atoms with Gasteiger partial charge in [0.2, 0.25) is 11.1 Å². The van der Waals surface area contributed by atoms with Crippen molar-refractivity contribution in [1.29, 1.82) is 0 Å². The van der Waals surface area contributed by atoms with Gasteiger partial charge in [-0.1, -0.05) is 36.0 Å². The van der Waals surface area contributed by atoms with Crippen molar-refractivity contribution in [3.05, 3.63) is 42.0 Å². The summed E-state index contributed by atoms with van der Waals surface area (Å²) in [5, 5.41) is 26.0. The summed E-state index contributed by atoms with van der Waals surface area (Å²) in [6.45, 7) is 0. The summed E-state index contributed by atoms with van der Waals surface area (Å²) >= 11 is 1.29. The first-order valence-corrected chi connectivity index (χ1v) is 9.29. The van der Waals surface area contributed by atoms with Gasteiger partial charge in [0.1, 0.15) is 0 Å². The second kappa shape index (κ2) is 6.91. The molecule has 1 aromatic carbocycles. The van der Waals surface area contributed by atoms with E-state index in [-0.39, 0.29) is 23.3 Å². The average Bonchev–Trinajstić information content (AvgIpc) is 3.36. The number of tetrazole rings is 1. The SMILES string of the molecule is O=C(CSc1nnnn1[C@@H]1C[C@@H]2C=C[C@H]1C2)Nc1ccc(C(=O)[O-])cc1. The van der Waals surface area contributed by atoms with Gasteiger partial charge >= 0.3 is 0 Å². The number of carbonyl (C=O) groups excluding carboxylic acids is 2. The molecule has 1 saturated carbocycles. The zero-order valence-electron chi connectivity index (χ0n) is 13.7. The molecule has 1 aromatic heterocycles. The van der Waals surface area contributed by atoms with Crippen LogP contribution in [0, 0.1) is 11.8 Å². The first kappa shape index (κ1) is 16.8. The molecule has 8 nitrogen and oxygen atoms in total. The van der Waals surface area contributed by atoms with Gasteiger partial charge in [0.15, 0.2) is 0 Å². The second-order valence-electron chi connectivity index (χ2n) is 6.46. The van der Waals surface area contributed by atoms with Crippen molar-refractivity contribution < 1.29 is 14.7 Å². The summed E-state index contributed by atoms with van der Waals surface area (Å²) in [6, 6.07) is 6.10. The molecule has 2 bridgehead atoms. The smallest absolute Gasteiger partial charge is 0.234 e. The number of fused-ring (bicyclic) bond motifs is 2. The third kappa shape index (κ3) is 3.34. The quantitative estimate of drug-likeness (QED) is 0.594. The summed E-state index contributed by atoms with van der Waals surface area (Å²) in [4.78, 5) is 22.9. The molecule has 9 heteroatoms. The molecular formula is C17H16N5O3S-.